The van der Waals surface area contributed by atoms with Crippen LogP contribution in [-0.2, 0) is 0 Å². The molecule has 4 rings (SSSR count). The van der Waals surface area contributed by atoms with Crippen molar-refractivity contribution in [1.29, 1.82) is 0 Å². The molecule has 0 saturated heterocycles. The fraction of sp³-hybridized carbons (Fsp3) is 0. The zero-order valence-corrected chi connectivity index (χ0v) is 13.8. The van der Waals surface area contributed by atoms with Gasteiger partial charge in [0.2, 0.25) is 0 Å². The molecule has 0 atom stereocenters. The Morgan fingerprint density at radius 2 is 1.46 bits per heavy atom. The minimum absolute atomic E-state index is 0.176. The Morgan fingerprint density at radius 1 is 0.875 bits per heavy atom. The van der Waals surface area contributed by atoms with Gasteiger partial charge in [-0.05, 0) is 29.8 Å². The Hall–Kier alpha value is -2.56. The van der Waals surface area contributed by atoms with Gasteiger partial charge in [0.25, 0.3) is 5.56 Å². The highest BCUT2D eigenvalue weighted by Gasteiger charge is 2.12. The number of rotatable bonds is 2. The van der Waals surface area contributed by atoms with Gasteiger partial charge < -0.3 is 0 Å². The van der Waals surface area contributed by atoms with E-state index in [9.17, 15) is 4.79 Å². The molecule has 6 heteroatoms. The molecule has 0 aliphatic rings. The van der Waals surface area contributed by atoms with Crippen molar-refractivity contribution in [3.63, 3.8) is 0 Å². The Labute approximate surface area is 147 Å². The number of aromatic nitrogens is 3. The van der Waals surface area contributed by atoms with Crippen molar-refractivity contribution in [2.45, 2.75) is 0 Å². The largest absolute Gasteiger partial charge is 0.296 e. The number of halogens is 2. The highest BCUT2D eigenvalue weighted by atomic mass is 35.5. The maximum Gasteiger partial charge on any atom is 0.273 e. The van der Waals surface area contributed by atoms with Crippen molar-refractivity contribution < 1.29 is 0 Å². The summed E-state index contributed by atoms with van der Waals surface area (Å²) >= 11 is 11.9. The van der Waals surface area contributed by atoms with E-state index in [0.717, 1.165) is 16.7 Å². The Balaban J connectivity index is 1.93. The SMILES string of the molecule is O=c1cc(-c2ccc(Cl)cc2)nc2c(-c3ccc(Cl)cc3)c[nH]n12. The van der Waals surface area contributed by atoms with Gasteiger partial charge in [0.15, 0.2) is 5.65 Å². The number of benzene rings is 2. The van der Waals surface area contributed by atoms with Gasteiger partial charge in [0, 0.05) is 33.4 Å². The predicted molar refractivity (Wildman–Crippen MR) is 96.7 cm³/mol. The molecule has 0 radical (unpaired) electrons. The van der Waals surface area contributed by atoms with Crippen LogP contribution in [0.15, 0.2) is 65.6 Å². The first-order chi connectivity index (χ1) is 11.6. The minimum Gasteiger partial charge on any atom is -0.296 e. The number of aromatic amines is 1. The Bertz CT molecular complexity index is 1080. The van der Waals surface area contributed by atoms with E-state index in [0.29, 0.717) is 21.4 Å². The predicted octanol–water partition coefficient (Wildman–Crippen LogP) is 4.66. The summed E-state index contributed by atoms with van der Waals surface area (Å²) in [6, 6.07) is 16.1. The summed E-state index contributed by atoms with van der Waals surface area (Å²) < 4.78 is 1.42. The second-order valence-electron chi connectivity index (χ2n) is 5.34. The van der Waals surface area contributed by atoms with Crippen molar-refractivity contribution in [1.82, 2.24) is 14.6 Å². The van der Waals surface area contributed by atoms with Crippen molar-refractivity contribution in [2.24, 2.45) is 0 Å². The second-order valence-corrected chi connectivity index (χ2v) is 6.21. The molecule has 24 heavy (non-hydrogen) atoms. The summed E-state index contributed by atoms with van der Waals surface area (Å²) in [5, 5.41) is 4.24. The summed E-state index contributed by atoms with van der Waals surface area (Å²) in [7, 11) is 0. The lowest BCUT2D eigenvalue weighted by atomic mass is 10.1. The molecule has 0 fully saturated rings. The lowest BCUT2D eigenvalue weighted by Gasteiger charge is -2.03. The fourth-order valence-corrected chi connectivity index (χ4v) is 2.84. The molecule has 2 heterocycles. The van der Waals surface area contributed by atoms with Gasteiger partial charge in [-0.3, -0.25) is 9.89 Å². The van der Waals surface area contributed by atoms with E-state index < -0.39 is 0 Å². The van der Waals surface area contributed by atoms with Crippen LogP contribution in [0.25, 0.3) is 28.0 Å². The molecule has 0 aliphatic heterocycles. The van der Waals surface area contributed by atoms with Gasteiger partial charge in [-0.25, -0.2) is 9.50 Å². The van der Waals surface area contributed by atoms with Gasteiger partial charge >= 0.3 is 0 Å². The van der Waals surface area contributed by atoms with E-state index in [2.05, 4.69) is 10.1 Å². The number of hydrogen-bond donors (Lipinski definition) is 1. The van der Waals surface area contributed by atoms with Crippen LogP contribution in [-0.4, -0.2) is 14.6 Å². The third-order valence-electron chi connectivity index (χ3n) is 3.79. The van der Waals surface area contributed by atoms with Gasteiger partial charge in [0.1, 0.15) is 0 Å². The van der Waals surface area contributed by atoms with Crippen LogP contribution in [0.5, 0.6) is 0 Å². The number of fused-ring (bicyclic) bond motifs is 1. The fourth-order valence-electron chi connectivity index (χ4n) is 2.59. The van der Waals surface area contributed by atoms with E-state index in [1.165, 1.54) is 10.6 Å². The standard InChI is InChI=1S/C18H11Cl2N3O/c19-13-5-1-11(2-6-13)15-10-21-23-17(24)9-16(22-18(15)23)12-3-7-14(20)8-4-12/h1-10,21H. The van der Waals surface area contributed by atoms with E-state index in [1.807, 2.05) is 36.4 Å². The third-order valence-corrected chi connectivity index (χ3v) is 4.30. The van der Waals surface area contributed by atoms with Crippen LogP contribution >= 0.6 is 23.2 Å². The highest BCUT2D eigenvalue weighted by molar-refractivity contribution is 6.30. The van der Waals surface area contributed by atoms with E-state index in [-0.39, 0.29) is 5.56 Å². The quantitative estimate of drug-likeness (QED) is 0.568. The lowest BCUT2D eigenvalue weighted by Crippen LogP contribution is -2.14. The van der Waals surface area contributed by atoms with Crippen LogP contribution in [0.1, 0.15) is 0 Å². The molecule has 2 aromatic heterocycles. The molecule has 4 aromatic rings. The minimum atomic E-state index is -0.176. The van der Waals surface area contributed by atoms with E-state index in [1.54, 1.807) is 18.3 Å². The first kappa shape index (κ1) is 15.0. The number of H-pyrrole nitrogens is 1. The van der Waals surface area contributed by atoms with Gasteiger partial charge in [-0.15, -0.1) is 0 Å². The van der Waals surface area contributed by atoms with Crippen molar-refractivity contribution in [2.75, 3.05) is 0 Å². The molecule has 0 saturated carbocycles. The monoisotopic (exact) mass is 355 g/mol. The highest BCUT2D eigenvalue weighted by Crippen LogP contribution is 2.26. The van der Waals surface area contributed by atoms with E-state index in [4.69, 9.17) is 23.2 Å². The van der Waals surface area contributed by atoms with Crippen LogP contribution in [0.3, 0.4) is 0 Å². The molecule has 0 unspecified atom stereocenters. The van der Waals surface area contributed by atoms with E-state index >= 15 is 0 Å². The van der Waals surface area contributed by atoms with Crippen molar-refractivity contribution in [3.05, 3.63) is 81.2 Å². The molecule has 4 nitrogen and oxygen atoms in total. The average Bonchev–Trinajstić information content (AvgIpc) is 3.01. The molecule has 1 N–H and O–H groups in total. The molecule has 0 spiro atoms. The lowest BCUT2D eigenvalue weighted by molar-refractivity contribution is 0.901. The molecule has 118 valence electrons. The molecule has 0 aliphatic carbocycles. The summed E-state index contributed by atoms with van der Waals surface area (Å²) in [6.45, 7) is 0. The molecule has 0 amide bonds. The summed E-state index contributed by atoms with van der Waals surface area (Å²) in [4.78, 5) is 17.0. The zero-order chi connectivity index (χ0) is 16.7. The second kappa shape index (κ2) is 5.82. The summed E-state index contributed by atoms with van der Waals surface area (Å²) in [5.74, 6) is 0. The first-order valence-corrected chi connectivity index (χ1v) is 8.00. The summed E-state index contributed by atoms with van der Waals surface area (Å²) in [5.41, 5.74) is 3.59. The summed E-state index contributed by atoms with van der Waals surface area (Å²) in [6.07, 6.45) is 1.76. The maximum atomic E-state index is 12.4. The van der Waals surface area contributed by atoms with Gasteiger partial charge in [-0.2, -0.15) is 0 Å². The van der Waals surface area contributed by atoms with Crippen LogP contribution in [0.2, 0.25) is 10.0 Å². The van der Waals surface area contributed by atoms with Crippen LogP contribution in [0, 0.1) is 0 Å². The number of nitrogens with one attached hydrogen (secondary N) is 1. The smallest absolute Gasteiger partial charge is 0.273 e. The van der Waals surface area contributed by atoms with Gasteiger partial charge in [-0.1, -0.05) is 47.5 Å². The molecular formula is C18H11Cl2N3O. The topological polar surface area (TPSA) is 50.2 Å². The third kappa shape index (κ3) is 2.60. The van der Waals surface area contributed by atoms with Crippen molar-refractivity contribution in [3.8, 4) is 22.4 Å². The molecule has 0 bridgehead atoms. The Kier molecular flexibility index (Phi) is 3.63. The zero-order valence-electron chi connectivity index (χ0n) is 12.3. The Morgan fingerprint density at radius 3 is 2.08 bits per heavy atom. The average molecular weight is 356 g/mol. The first-order valence-electron chi connectivity index (χ1n) is 7.25. The van der Waals surface area contributed by atoms with Crippen LogP contribution < -0.4 is 5.56 Å². The van der Waals surface area contributed by atoms with Gasteiger partial charge in [0.05, 0.1) is 5.69 Å². The number of hydrogen-bond acceptors (Lipinski definition) is 2. The number of nitrogens with zero attached hydrogens (tertiary/aromatic N) is 2. The molecule has 2 aromatic carbocycles. The maximum absolute atomic E-state index is 12.4. The van der Waals surface area contributed by atoms with Crippen molar-refractivity contribution >= 4 is 28.8 Å². The van der Waals surface area contributed by atoms with Crippen LogP contribution in [0.4, 0.5) is 0 Å². The molecular weight excluding hydrogens is 345 g/mol. The normalized spacial score (nSPS) is 11.1.